The molecule has 1 aromatic rings. The lowest BCUT2D eigenvalue weighted by atomic mass is 10.1. The second-order valence-corrected chi connectivity index (χ2v) is 7.40. The number of hydrogen-bond acceptors (Lipinski definition) is 2. The Balaban J connectivity index is 1.59. The van der Waals surface area contributed by atoms with Crippen molar-refractivity contribution in [1.82, 2.24) is 10.2 Å². The normalized spacial score (nSPS) is 18.7. The van der Waals surface area contributed by atoms with E-state index in [1.54, 1.807) is 0 Å². The van der Waals surface area contributed by atoms with Crippen LogP contribution in [-0.4, -0.2) is 24.0 Å². The predicted octanol–water partition coefficient (Wildman–Crippen LogP) is 3.81. The van der Waals surface area contributed by atoms with Crippen LogP contribution < -0.4 is 5.32 Å². The summed E-state index contributed by atoms with van der Waals surface area (Å²) in [6.45, 7) is 9.13. The third kappa shape index (κ3) is 4.82. The molecule has 2 aliphatic rings. The van der Waals surface area contributed by atoms with E-state index >= 15 is 0 Å². The maximum absolute atomic E-state index is 3.59. The van der Waals surface area contributed by atoms with Gasteiger partial charge < -0.3 is 5.32 Å². The molecule has 2 nitrogen and oxygen atoms in total. The van der Waals surface area contributed by atoms with Crippen LogP contribution in [0.5, 0.6) is 0 Å². The maximum Gasteiger partial charge on any atom is 0.0240 e. The van der Waals surface area contributed by atoms with E-state index in [9.17, 15) is 0 Å². The van der Waals surface area contributed by atoms with Gasteiger partial charge in [-0.1, -0.05) is 38.1 Å². The van der Waals surface area contributed by atoms with E-state index in [1.807, 2.05) is 0 Å². The van der Waals surface area contributed by atoms with E-state index in [0.717, 1.165) is 37.5 Å². The minimum atomic E-state index is 0.718. The molecule has 116 valence electrons. The molecule has 2 aliphatic carbocycles. The van der Waals surface area contributed by atoms with Crippen molar-refractivity contribution in [2.24, 2.45) is 11.8 Å². The minimum Gasteiger partial charge on any atom is -0.312 e. The first-order valence-electron chi connectivity index (χ1n) is 8.74. The molecule has 2 heteroatoms. The average molecular weight is 286 g/mol. The zero-order valence-corrected chi connectivity index (χ0v) is 13.6. The van der Waals surface area contributed by atoms with Crippen LogP contribution >= 0.6 is 0 Å². The summed E-state index contributed by atoms with van der Waals surface area (Å²) in [4.78, 5) is 2.75. The van der Waals surface area contributed by atoms with Crippen molar-refractivity contribution < 1.29 is 0 Å². The summed E-state index contributed by atoms with van der Waals surface area (Å²) < 4.78 is 0. The Kier molecular flexibility index (Phi) is 4.97. The molecule has 0 heterocycles. The maximum atomic E-state index is 3.59. The molecule has 0 aliphatic heterocycles. The fourth-order valence-electron chi connectivity index (χ4n) is 3.01. The Morgan fingerprint density at radius 2 is 1.81 bits per heavy atom. The summed E-state index contributed by atoms with van der Waals surface area (Å²) in [6.07, 6.45) is 5.75. The lowest BCUT2D eigenvalue weighted by Gasteiger charge is -2.23. The van der Waals surface area contributed by atoms with Crippen LogP contribution in [0.4, 0.5) is 0 Å². The first-order valence-corrected chi connectivity index (χ1v) is 8.74. The Hall–Kier alpha value is -0.860. The number of nitrogens with zero attached hydrogens (tertiary/aromatic N) is 1. The molecular weight excluding hydrogens is 256 g/mol. The van der Waals surface area contributed by atoms with Crippen LogP contribution in [0.15, 0.2) is 24.3 Å². The Morgan fingerprint density at radius 1 is 1.10 bits per heavy atom. The third-order valence-electron chi connectivity index (χ3n) is 4.61. The summed E-state index contributed by atoms with van der Waals surface area (Å²) in [5.41, 5.74) is 3.01. The van der Waals surface area contributed by atoms with Gasteiger partial charge in [0.2, 0.25) is 0 Å². The molecule has 2 fully saturated rings. The minimum absolute atomic E-state index is 0.718. The summed E-state index contributed by atoms with van der Waals surface area (Å²) in [5, 5.41) is 3.59. The smallest absolute Gasteiger partial charge is 0.0240 e. The highest BCUT2D eigenvalue weighted by molar-refractivity contribution is 5.27. The van der Waals surface area contributed by atoms with Gasteiger partial charge in [0, 0.05) is 25.7 Å². The van der Waals surface area contributed by atoms with Crippen molar-refractivity contribution in [3.05, 3.63) is 35.4 Å². The Bertz CT molecular complexity index is 447. The second-order valence-electron chi connectivity index (χ2n) is 7.40. The van der Waals surface area contributed by atoms with Gasteiger partial charge in [-0.15, -0.1) is 0 Å². The van der Waals surface area contributed by atoms with E-state index in [4.69, 9.17) is 0 Å². The van der Waals surface area contributed by atoms with Gasteiger partial charge in [0.05, 0.1) is 0 Å². The summed E-state index contributed by atoms with van der Waals surface area (Å²) in [5.74, 6) is 1.71. The molecule has 0 bridgehead atoms. The molecular formula is C19H30N2. The van der Waals surface area contributed by atoms with Crippen molar-refractivity contribution in [3.8, 4) is 0 Å². The van der Waals surface area contributed by atoms with Gasteiger partial charge in [0.15, 0.2) is 0 Å². The monoisotopic (exact) mass is 286 g/mol. The topological polar surface area (TPSA) is 15.3 Å². The zero-order chi connectivity index (χ0) is 14.7. The number of rotatable bonds is 9. The SMILES string of the molecule is CC(C)CNCc1ccccc1CN(CC1CC1)C1CC1. The van der Waals surface area contributed by atoms with Crippen molar-refractivity contribution in [2.45, 2.75) is 58.7 Å². The molecule has 0 spiro atoms. The van der Waals surface area contributed by atoms with Crippen LogP contribution in [0, 0.1) is 11.8 Å². The quantitative estimate of drug-likeness (QED) is 0.742. The first kappa shape index (κ1) is 15.1. The van der Waals surface area contributed by atoms with Crippen LogP contribution in [0.3, 0.4) is 0 Å². The van der Waals surface area contributed by atoms with E-state index in [-0.39, 0.29) is 0 Å². The highest BCUT2D eigenvalue weighted by Gasteiger charge is 2.33. The third-order valence-corrected chi connectivity index (χ3v) is 4.61. The zero-order valence-electron chi connectivity index (χ0n) is 13.6. The molecule has 0 amide bonds. The highest BCUT2D eigenvalue weighted by Crippen LogP contribution is 2.35. The van der Waals surface area contributed by atoms with Crippen LogP contribution in [0.25, 0.3) is 0 Å². The van der Waals surface area contributed by atoms with E-state index < -0.39 is 0 Å². The summed E-state index contributed by atoms with van der Waals surface area (Å²) in [7, 11) is 0. The summed E-state index contributed by atoms with van der Waals surface area (Å²) in [6, 6.07) is 9.88. The number of nitrogens with one attached hydrogen (secondary N) is 1. The van der Waals surface area contributed by atoms with Gasteiger partial charge in [-0.25, -0.2) is 0 Å². The second kappa shape index (κ2) is 6.93. The van der Waals surface area contributed by atoms with Crippen LogP contribution in [-0.2, 0) is 13.1 Å². The molecule has 1 N–H and O–H groups in total. The van der Waals surface area contributed by atoms with E-state index in [2.05, 4.69) is 48.3 Å². The highest BCUT2D eigenvalue weighted by atomic mass is 15.2. The molecule has 21 heavy (non-hydrogen) atoms. The van der Waals surface area contributed by atoms with E-state index in [0.29, 0.717) is 0 Å². The lowest BCUT2D eigenvalue weighted by Crippen LogP contribution is -2.29. The molecule has 0 unspecified atom stereocenters. The van der Waals surface area contributed by atoms with Gasteiger partial charge >= 0.3 is 0 Å². The van der Waals surface area contributed by atoms with Crippen molar-refractivity contribution in [3.63, 3.8) is 0 Å². The summed E-state index contributed by atoms with van der Waals surface area (Å²) >= 11 is 0. The van der Waals surface area contributed by atoms with Gasteiger partial charge in [0.1, 0.15) is 0 Å². The average Bonchev–Trinajstić information content (AvgIpc) is 3.33. The molecule has 1 aromatic carbocycles. The molecule has 3 rings (SSSR count). The molecule has 2 saturated carbocycles. The van der Waals surface area contributed by atoms with Gasteiger partial charge in [0.25, 0.3) is 0 Å². The van der Waals surface area contributed by atoms with Gasteiger partial charge in [-0.2, -0.15) is 0 Å². The fraction of sp³-hybridized carbons (Fsp3) is 0.684. The van der Waals surface area contributed by atoms with E-state index in [1.165, 1.54) is 43.4 Å². The van der Waals surface area contributed by atoms with Crippen molar-refractivity contribution >= 4 is 0 Å². The lowest BCUT2D eigenvalue weighted by molar-refractivity contribution is 0.243. The molecule has 0 aromatic heterocycles. The standard InChI is InChI=1S/C19H30N2/c1-15(2)11-20-12-17-5-3-4-6-18(17)14-21(19-9-10-19)13-16-7-8-16/h3-6,15-16,19-20H,7-14H2,1-2H3. The van der Waals surface area contributed by atoms with Gasteiger partial charge in [-0.05, 0) is 55.2 Å². The predicted molar refractivity (Wildman–Crippen MR) is 89.1 cm³/mol. The Morgan fingerprint density at radius 3 is 2.43 bits per heavy atom. The van der Waals surface area contributed by atoms with Gasteiger partial charge in [-0.3, -0.25) is 4.90 Å². The number of hydrogen-bond donors (Lipinski definition) is 1. The number of benzene rings is 1. The fourth-order valence-corrected chi connectivity index (χ4v) is 3.01. The molecule has 0 radical (unpaired) electrons. The van der Waals surface area contributed by atoms with Crippen molar-refractivity contribution in [1.29, 1.82) is 0 Å². The van der Waals surface area contributed by atoms with Crippen LogP contribution in [0.2, 0.25) is 0 Å². The largest absolute Gasteiger partial charge is 0.312 e. The Labute approximate surface area is 129 Å². The first-order chi connectivity index (χ1) is 10.2. The molecule has 0 atom stereocenters. The van der Waals surface area contributed by atoms with Crippen molar-refractivity contribution in [2.75, 3.05) is 13.1 Å². The molecule has 0 saturated heterocycles. The van der Waals surface area contributed by atoms with Crippen LogP contribution in [0.1, 0.15) is 50.7 Å².